The van der Waals surface area contributed by atoms with E-state index in [0.29, 0.717) is 16.9 Å². The van der Waals surface area contributed by atoms with Crippen LogP contribution in [-0.2, 0) is 15.0 Å². The molecule has 2 aromatic carbocycles. The molecule has 0 radical (unpaired) electrons. The van der Waals surface area contributed by atoms with Crippen LogP contribution in [-0.4, -0.2) is 40.0 Å². The minimum Gasteiger partial charge on any atom is -0.507 e. The van der Waals surface area contributed by atoms with Gasteiger partial charge in [0.15, 0.2) is 0 Å². The van der Waals surface area contributed by atoms with Crippen molar-refractivity contribution in [1.82, 2.24) is 4.90 Å². The van der Waals surface area contributed by atoms with Crippen LogP contribution in [0.5, 0.6) is 11.5 Å². The molecule has 7 heteroatoms. The van der Waals surface area contributed by atoms with Crippen molar-refractivity contribution >= 4 is 29.1 Å². The van der Waals surface area contributed by atoms with Crippen molar-refractivity contribution < 1.29 is 24.5 Å². The number of hydrogen-bond acceptors (Lipinski definition) is 5. The molecule has 1 amide bonds. The van der Waals surface area contributed by atoms with Crippen molar-refractivity contribution in [3.63, 3.8) is 0 Å². The molecule has 0 spiro atoms. The van der Waals surface area contributed by atoms with E-state index in [1.165, 1.54) is 6.07 Å². The smallest absolute Gasteiger partial charge is 0.295 e. The van der Waals surface area contributed by atoms with Crippen LogP contribution < -0.4 is 4.74 Å². The van der Waals surface area contributed by atoms with Gasteiger partial charge in [-0.2, -0.15) is 0 Å². The van der Waals surface area contributed by atoms with E-state index in [0.717, 1.165) is 37.7 Å². The molecule has 1 atom stereocenters. The fourth-order valence-corrected chi connectivity index (χ4v) is 5.39. The summed E-state index contributed by atoms with van der Waals surface area (Å²) in [5.74, 6) is -0.967. The number of hydrogen-bond donors (Lipinski definition) is 2. The first-order valence-corrected chi connectivity index (χ1v) is 12.4. The lowest BCUT2D eigenvalue weighted by Gasteiger charge is -2.35. The molecule has 2 aromatic rings. The van der Waals surface area contributed by atoms with Crippen LogP contribution in [0.25, 0.3) is 5.76 Å². The van der Waals surface area contributed by atoms with Gasteiger partial charge >= 0.3 is 0 Å². The van der Waals surface area contributed by atoms with Crippen LogP contribution in [0.15, 0.2) is 42.0 Å². The van der Waals surface area contributed by atoms with Crippen molar-refractivity contribution in [2.75, 3.05) is 7.11 Å². The highest BCUT2D eigenvalue weighted by Crippen LogP contribution is 2.45. The summed E-state index contributed by atoms with van der Waals surface area (Å²) >= 11 is 6.22. The summed E-state index contributed by atoms with van der Waals surface area (Å²) in [6.07, 6.45) is 4.64. The Hall–Kier alpha value is -2.99. The fraction of sp³-hybridized carbons (Fsp3) is 0.429. The van der Waals surface area contributed by atoms with Crippen LogP contribution in [0.1, 0.15) is 75.6 Å². The Balaban J connectivity index is 1.91. The zero-order valence-corrected chi connectivity index (χ0v) is 21.4. The third-order valence-electron chi connectivity index (χ3n) is 7.02. The number of phenols is 1. The standard InChI is InChI=1S/C28H32ClNO5/c1-28(2,3)19-14-17(11-13-22(19)35-4)25(32)23-24(16-10-12-21(31)20(29)15-16)30(27(34)26(23)33)18-8-6-5-7-9-18/h10-15,18,24,31-32H,5-9H2,1-4H3/b25-23-. The van der Waals surface area contributed by atoms with Crippen molar-refractivity contribution in [2.45, 2.75) is 70.4 Å². The second kappa shape index (κ2) is 9.57. The molecule has 35 heavy (non-hydrogen) atoms. The summed E-state index contributed by atoms with van der Waals surface area (Å²) in [5.41, 5.74) is 1.64. The SMILES string of the molecule is COc1ccc(/C(O)=C2/C(=O)C(=O)N(C3CCCCC3)C2c2ccc(O)c(Cl)c2)cc1C(C)(C)C. The van der Waals surface area contributed by atoms with Gasteiger partial charge in [0, 0.05) is 17.2 Å². The highest BCUT2D eigenvalue weighted by Gasteiger charge is 2.49. The molecule has 1 aliphatic carbocycles. The number of nitrogens with zero attached hydrogens (tertiary/aromatic N) is 1. The summed E-state index contributed by atoms with van der Waals surface area (Å²) in [4.78, 5) is 28.4. The zero-order chi connectivity index (χ0) is 25.5. The van der Waals surface area contributed by atoms with E-state index in [4.69, 9.17) is 16.3 Å². The maximum absolute atomic E-state index is 13.4. The van der Waals surface area contributed by atoms with Gasteiger partial charge in [0.2, 0.25) is 0 Å². The van der Waals surface area contributed by atoms with E-state index >= 15 is 0 Å². The number of phenolic OH excluding ortho intramolecular Hbond substituents is 1. The first-order valence-electron chi connectivity index (χ1n) is 12.0. The maximum Gasteiger partial charge on any atom is 0.295 e. The average Bonchev–Trinajstić information content (AvgIpc) is 3.10. The van der Waals surface area contributed by atoms with Crippen molar-refractivity contribution in [3.05, 3.63) is 63.7 Å². The van der Waals surface area contributed by atoms with E-state index in [1.54, 1.807) is 36.3 Å². The van der Waals surface area contributed by atoms with Gasteiger partial charge in [-0.1, -0.05) is 57.7 Å². The normalized spacial score (nSPS) is 20.9. The van der Waals surface area contributed by atoms with Crippen molar-refractivity contribution in [3.8, 4) is 11.5 Å². The van der Waals surface area contributed by atoms with Gasteiger partial charge in [0.1, 0.15) is 17.3 Å². The Morgan fingerprint density at radius 1 is 1.06 bits per heavy atom. The summed E-state index contributed by atoms with van der Waals surface area (Å²) in [6.45, 7) is 6.11. The van der Waals surface area contributed by atoms with Crippen LogP contribution in [0.3, 0.4) is 0 Å². The quantitative estimate of drug-likeness (QED) is 0.302. The number of ether oxygens (including phenoxy) is 1. The third kappa shape index (κ3) is 4.64. The van der Waals surface area contributed by atoms with Gasteiger partial charge < -0.3 is 19.8 Å². The molecule has 1 saturated heterocycles. The number of Topliss-reactive ketones (excluding diaryl/α,β-unsaturated/α-hetero) is 1. The molecule has 1 unspecified atom stereocenters. The molecular formula is C28H32ClNO5. The molecule has 0 bridgehead atoms. The lowest BCUT2D eigenvalue weighted by molar-refractivity contribution is -0.141. The van der Waals surface area contributed by atoms with Crippen molar-refractivity contribution in [1.29, 1.82) is 0 Å². The molecule has 1 heterocycles. The van der Waals surface area contributed by atoms with Gasteiger partial charge in [-0.3, -0.25) is 9.59 Å². The molecular weight excluding hydrogens is 466 g/mol. The third-order valence-corrected chi connectivity index (χ3v) is 7.32. The minimum absolute atomic E-state index is 0.0346. The van der Waals surface area contributed by atoms with Gasteiger partial charge in [-0.15, -0.1) is 0 Å². The Kier molecular flexibility index (Phi) is 6.87. The molecule has 1 aliphatic heterocycles. The van der Waals surface area contributed by atoms with E-state index in [9.17, 15) is 19.8 Å². The first-order chi connectivity index (χ1) is 16.5. The number of aliphatic hydroxyl groups excluding tert-OH is 1. The first kappa shape index (κ1) is 25.1. The number of carbonyl (C=O) groups excluding carboxylic acids is 2. The van der Waals surface area contributed by atoms with E-state index in [2.05, 4.69) is 0 Å². The number of carbonyl (C=O) groups is 2. The number of amides is 1. The largest absolute Gasteiger partial charge is 0.507 e. The van der Waals surface area contributed by atoms with Crippen LogP contribution in [0.2, 0.25) is 5.02 Å². The zero-order valence-electron chi connectivity index (χ0n) is 20.6. The molecule has 2 aliphatic rings. The van der Waals surface area contributed by atoms with Crippen LogP contribution in [0, 0.1) is 0 Å². The van der Waals surface area contributed by atoms with Crippen LogP contribution >= 0.6 is 11.6 Å². The summed E-state index contributed by atoms with van der Waals surface area (Å²) in [7, 11) is 1.59. The Morgan fingerprint density at radius 3 is 2.34 bits per heavy atom. The molecule has 6 nitrogen and oxygen atoms in total. The number of aromatic hydroxyl groups is 1. The van der Waals surface area contributed by atoms with Gasteiger partial charge in [-0.05, 0) is 54.2 Å². The van der Waals surface area contributed by atoms with Gasteiger partial charge in [-0.25, -0.2) is 0 Å². The molecule has 2 N–H and O–H groups in total. The molecule has 2 fully saturated rings. The van der Waals surface area contributed by atoms with E-state index in [-0.39, 0.29) is 33.6 Å². The number of ketones is 1. The number of likely N-dealkylation sites (tertiary alicyclic amines) is 1. The number of benzene rings is 2. The number of rotatable bonds is 4. The summed E-state index contributed by atoms with van der Waals surface area (Å²) < 4.78 is 5.52. The predicted octanol–water partition coefficient (Wildman–Crippen LogP) is 6.11. The fourth-order valence-electron chi connectivity index (χ4n) is 5.20. The summed E-state index contributed by atoms with van der Waals surface area (Å²) in [6, 6.07) is 9.02. The number of halogens is 1. The van der Waals surface area contributed by atoms with Gasteiger partial charge in [0.05, 0.1) is 23.7 Å². The maximum atomic E-state index is 13.4. The highest BCUT2D eigenvalue weighted by atomic mass is 35.5. The lowest BCUT2D eigenvalue weighted by atomic mass is 9.84. The highest BCUT2D eigenvalue weighted by molar-refractivity contribution is 6.46. The Labute approximate surface area is 211 Å². The monoisotopic (exact) mass is 497 g/mol. The van der Waals surface area contributed by atoms with E-state index < -0.39 is 17.7 Å². The molecule has 186 valence electrons. The number of aliphatic hydroxyl groups is 1. The van der Waals surface area contributed by atoms with E-state index in [1.807, 2.05) is 26.8 Å². The lowest BCUT2D eigenvalue weighted by Crippen LogP contribution is -2.40. The average molecular weight is 498 g/mol. The second-order valence-electron chi connectivity index (χ2n) is 10.4. The predicted molar refractivity (Wildman–Crippen MR) is 136 cm³/mol. The summed E-state index contributed by atoms with van der Waals surface area (Å²) in [5, 5.41) is 21.6. The Bertz CT molecular complexity index is 1190. The van der Waals surface area contributed by atoms with Gasteiger partial charge in [0.25, 0.3) is 11.7 Å². The molecule has 0 aromatic heterocycles. The molecule has 4 rings (SSSR count). The Morgan fingerprint density at radius 2 is 1.74 bits per heavy atom. The van der Waals surface area contributed by atoms with Crippen LogP contribution in [0.4, 0.5) is 0 Å². The molecule has 1 saturated carbocycles. The number of methoxy groups -OCH3 is 1. The minimum atomic E-state index is -0.795. The topological polar surface area (TPSA) is 87.1 Å². The van der Waals surface area contributed by atoms with Crippen molar-refractivity contribution in [2.24, 2.45) is 0 Å². The second-order valence-corrected chi connectivity index (χ2v) is 10.8.